The smallest absolute Gasteiger partial charge is 0.137 e. The summed E-state index contributed by atoms with van der Waals surface area (Å²) in [7, 11) is 0. The summed E-state index contributed by atoms with van der Waals surface area (Å²) in [6.45, 7) is 8.75. The number of azide groups is 1. The molecular weight excluding hydrogens is 214 g/mol. The number of hydrogen-bond acceptors (Lipinski definition) is 2. The molecule has 1 unspecified atom stereocenters. The molecule has 0 aromatic heterocycles. The largest absolute Gasteiger partial charge is 0.360 e. The first-order chi connectivity index (χ1) is 8.06. The van der Waals surface area contributed by atoms with E-state index in [1.807, 2.05) is 13.8 Å². The van der Waals surface area contributed by atoms with Gasteiger partial charge in [-0.3, -0.25) is 0 Å². The van der Waals surface area contributed by atoms with Crippen molar-refractivity contribution in [2.24, 2.45) is 17.0 Å². The SMILES string of the molecule is CC(C)C#CCOC(CCCC(C)C)N=[N+]=[N-]. The highest BCUT2D eigenvalue weighted by Crippen LogP contribution is 2.11. The Balaban J connectivity index is 3.91. The van der Waals surface area contributed by atoms with E-state index in [4.69, 9.17) is 10.3 Å². The van der Waals surface area contributed by atoms with Crippen molar-refractivity contribution in [3.63, 3.8) is 0 Å². The highest BCUT2D eigenvalue weighted by atomic mass is 16.5. The fraction of sp³-hybridized carbons (Fsp3) is 0.846. The van der Waals surface area contributed by atoms with Crippen molar-refractivity contribution in [2.45, 2.75) is 53.2 Å². The normalized spacial score (nSPS) is 11.9. The van der Waals surface area contributed by atoms with E-state index in [9.17, 15) is 0 Å². The van der Waals surface area contributed by atoms with Crippen LogP contribution in [0.2, 0.25) is 0 Å². The van der Waals surface area contributed by atoms with Crippen molar-refractivity contribution in [1.29, 1.82) is 0 Å². The number of hydrogen-bond donors (Lipinski definition) is 0. The topological polar surface area (TPSA) is 58.0 Å². The van der Waals surface area contributed by atoms with Gasteiger partial charge in [-0.05, 0) is 17.9 Å². The van der Waals surface area contributed by atoms with Crippen molar-refractivity contribution >= 4 is 0 Å². The third kappa shape index (κ3) is 11.1. The fourth-order valence-electron chi connectivity index (χ4n) is 1.32. The van der Waals surface area contributed by atoms with Crippen molar-refractivity contribution < 1.29 is 4.74 Å². The van der Waals surface area contributed by atoms with E-state index in [1.54, 1.807) is 0 Å². The molecule has 0 amide bonds. The van der Waals surface area contributed by atoms with Gasteiger partial charge >= 0.3 is 0 Å². The maximum absolute atomic E-state index is 8.43. The number of ether oxygens (including phenoxy) is 1. The Hall–Kier alpha value is -1.17. The van der Waals surface area contributed by atoms with Crippen LogP contribution in [-0.2, 0) is 4.74 Å². The van der Waals surface area contributed by atoms with E-state index in [0.717, 1.165) is 19.3 Å². The summed E-state index contributed by atoms with van der Waals surface area (Å²) in [6, 6.07) is 0. The minimum atomic E-state index is -0.375. The van der Waals surface area contributed by atoms with Crippen molar-refractivity contribution in [3.05, 3.63) is 10.4 Å². The predicted molar refractivity (Wildman–Crippen MR) is 70.2 cm³/mol. The van der Waals surface area contributed by atoms with Gasteiger partial charge in [-0.1, -0.05) is 57.5 Å². The molecule has 4 nitrogen and oxygen atoms in total. The van der Waals surface area contributed by atoms with Crippen LogP contribution < -0.4 is 0 Å². The summed E-state index contributed by atoms with van der Waals surface area (Å²) < 4.78 is 5.42. The second-order valence-corrected chi connectivity index (χ2v) is 4.77. The zero-order chi connectivity index (χ0) is 13.1. The van der Waals surface area contributed by atoms with E-state index in [-0.39, 0.29) is 6.23 Å². The number of nitrogens with zero attached hydrogens (tertiary/aromatic N) is 3. The first-order valence-corrected chi connectivity index (χ1v) is 6.20. The van der Waals surface area contributed by atoms with E-state index < -0.39 is 0 Å². The third-order valence-corrected chi connectivity index (χ3v) is 2.15. The van der Waals surface area contributed by atoms with Gasteiger partial charge in [0.05, 0.1) is 0 Å². The molecule has 0 saturated carbocycles. The number of rotatable bonds is 7. The van der Waals surface area contributed by atoms with Gasteiger partial charge in [-0.2, -0.15) is 0 Å². The van der Waals surface area contributed by atoms with Gasteiger partial charge in [0.15, 0.2) is 0 Å². The lowest BCUT2D eigenvalue weighted by atomic mass is 10.1. The van der Waals surface area contributed by atoms with Crippen LogP contribution in [0.3, 0.4) is 0 Å². The molecule has 96 valence electrons. The van der Waals surface area contributed by atoms with Crippen LogP contribution in [0.4, 0.5) is 0 Å². The van der Waals surface area contributed by atoms with E-state index in [1.165, 1.54) is 0 Å². The molecule has 0 fully saturated rings. The standard InChI is InChI=1S/C13H23N3O/c1-11(2)7-5-9-13(15-16-14)17-10-6-8-12(3)4/h11-13H,5,7,9-10H2,1-4H3. The van der Waals surface area contributed by atoms with Crippen molar-refractivity contribution in [1.82, 2.24) is 0 Å². The lowest BCUT2D eigenvalue weighted by Gasteiger charge is -2.11. The summed E-state index contributed by atoms with van der Waals surface area (Å²) in [5.74, 6) is 6.94. The Kier molecular flexibility index (Phi) is 9.33. The second kappa shape index (κ2) is 10.0. The molecule has 17 heavy (non-hydrogen) atoms. The zero-order valence-corrected chi connectivity index (χ0v) is 11.3. The molecule has 0 bridgehead atoms. The Morgan fingerprint density at radius 2 is 1.94 bits per heavy atom. The summed E-state index contributed by atoms with van der Waals surface area (Å²) >= 11 is 0. The van der Waals surface area contributed by atoms with Crippen LogP contribution in [0.25, 0.3) is 10.4 Å². The quantitative estimate of drug-likeness (QED) is 0.284. The summed E-state index contributed by atoms with van der Waals surface area (Å²) in [5.41, 5.74) is 8.43. The molecule has 0 aliphatic rings. The predicted octanol–water partition coefficient (Wildman–Crippen LogP) is 4.13. The molecule has 1 atom stereocenters. The maximum atomic E-state index is 8.43. The molecule has 0 spiro atoms. The molecule has 0 heterocycles. The van der Waals surface area contributed by atoms with Crippen LogP contribution in [0.5, 0.6) is 0 Å². The Bertz CT molecular complexity index is 296. The van der Waals surface area contributed by atoms with Gasteiger partial charge in [0.25, 0.3) is 0 Å². The highest BCUT2D eigenvalue weighted by molar-refractivity contribution is 5.01. The Morgan fingerprint density at radius 3 is 2.47 bits per heavy atom. The van der Waals surface area contributed by atoms with Gasteiger partial charge in [0.1, 0.15) is 12.8 Å². The molecule has 0 N–H and O–H groups in total. The molecule has 0 radical (unpaired) electrons. The molecule has 0 aliphatic carbocycles. The molecule has 0 rings (SSSR count). The lowest BCUT2D eigenvalue weighted by Crippen LogP contribution is -2.10. The van der Waals surface area contributed by atoms with Crippen molar-refractivity contribution in [3.8, 4) is 11.8 Å². The lowest BCUT2D eigenvalue weighted by molar-refractivity contribution is 0.0739. The van der Waals surface area contributed by atoms with Crippen LogP contribution in [0.15, 0.2) is 5.11 Å². The van der Waals surface area contributed by atoms with Gasteiger partial charge < -0.3 is 4.74 Å². The highest BCUT2D eigenvalue weighted by Gasteiger charge is 2.06. The maximum Gasteiger partial charge on any atom is 0.137 e. The van der Waals surface area contributed by atoms with Crippen LogP contribution in [0.1, 0.15) is 47.0 Å². The van der Waals surface area contributed by atoms with E-state index in [0.29, 0.717) is 18.4 Å². The van der Waals surface area contributed by atoms with Crippen LogP contribution in [0, 0.1) is 23.7 Å². The Morgan fingerprint density at radius 1 is 1.24 bits per heavy atom. The molecular formula is C13H23N3O. The molecule has 0 aromatic carbocycles. The molecule has 0 aromatic rings. The zero-order valence-electron chi connectivity index (χ0n) is 11.3. The van der Waals surface area contributed by atoms with E-state index in [2.05, 4.69) is 35.7 Å². The fourth-order valence-corrected chi connectivity index (χ4v) is 1.32. The summed E-state index contributed by atoms with van der Waals surface area (Å²) in [5, 5.41) is 3.63. The second-order valence-electron chi connectivity index (χ2n) is 4.77. The molecule has 0 saturated heterocycles. The summed E-state index contributed by atoms with van der Waals surface area (Å²) in [4.78, 5) is 2.80. The van der Waals surface area contributed by atoms with Crippen LogP contribution >= 0.6 is 0 Å². The molecule has 4 heteroatoms. The first-order valence-electron chi connectivity index (χ1n) is 6.20. The minimum Gasteiger partial charge on any atom is -0.360 e. The first kappa shape index (κ1) is 15.8. The minimum absolute atomic E-state index is 0.337. The van der Waals surface area contributed by atoms with Gasteiger partial charge in [0.2, 0.25) is 0 Å². The summed E-state index contributed by atoms with van der Waals surface area (Å²) in [6.07, 6.45) is 2.53. The Labute approximate surface area is 104 Å². The monoisotopic (exact) mass is 237 g/mol. The van der Waals surface area contributed by atoms with Gasteiger partial charge in [-0.15, -0.1) is 0 Å². The molecule has 0 aliphatic heterocycles. The van der Waals surface area contributed by atoms with Crippen molar-refractivity contribution in [2.75, 3.05) is 6.61 Å². The third-order valence-electron chi connectivity index (χ3n) is 2.15. The van der Waals surface area contributed by atoms with Gasteiger partial charge in [-0.25, -0.2) is 0 Å². The van der Waals surface area contributed by atoms with E-state index >= 15 is 0 Å². The average Bonchev–Trinajstić information content (AvgIpc) is 2.23. The van der Waals surface area contributed by atoms with Crippen LogP contribution in [-0.4, -0.2) is 12.8 Å². The van der Waals surface area contributed by atoms with Gasteiger partial charge in [0, 0.05) is 10.8 Å². The average molecular weight is 237 g/mol.